The average molecular weight is 755 g/mol. The first-order chi connectivity index (χ1) is 26.3. The first kappa shape index (κ1) is 41.4. The van der Waals surface area contributed by atoms with E-state index in [1.807, 2.05) is 57.2 Å². The van der Waals surface area contributed by atoms with Gasteiger partial charge in [-0.1, -0.05) is 39.8 Å². The van der Waals surface area contributed by atoms with Crippen LogP contribution in [0.4, 0.5) is 0 Å². The highest BCUT2D eigenvalue weighted by Gasteiger charge is 2.32. The second-order valence-electron chi connectivity index (χ2n) is 15.9. The van der Waals surface area contributed by atoms with Crippen LogP contribution in [0.3, 0.4) is 0 Å². The molecule has 0 saturated carbocycles. The lowest BCUT2D eigenvalue weighted by Crippen LogP contribution is -2.58. The number of nitrogens with one attached hydrogen (secondary N) is 2. The quantitative estimate of drug-likeness (QED) is 0.116. The Morgan fingerprint density at radius 3 is 2.55 bits per heavy atom. The first-order valence-corrected chi connectivity index (χ1v) is 19.3. The molecular formula is C43H58N6O6. The van der Waals surface area contributed by atoms with Crippen LogP contribution in [0.1, 0.15) is 64.2 Å². The fraction of sp³-hybridized carbons (Fsp3) is 0.488. The van der Waals surface area contributed by atoms with Gasteiger partial charge in [0.1, 0.15) is 11.8 Å². The number of aromatic nitrogens is 2. The van der Waals surface area contributed by atoms with Crippen molar-refractivity contribution in [2.75, 3.05) is 40.9 Å². The molecular weight excluding hydrogens is 697 g/mol. The highest BCUT2D eigenvalue weighted by atomic mass is 16.5. The molecule has 3 N–H and O–H groups in total. The van der Waals surface area contributed by atoms with Crippen LogP contribution in [0.2, 0.25) is 0 Å². The fourth-order valence-corrected chi connectivity index (χ4v) is 7.98. The minimum absolute atomic E-state index is 0.0296. The summed E-state index contributed by atoms with van der Waals surface area (Å²) in [4.78, 5) is 45.3. The molecule has 0 bridgehead atoms. The number of pyridine rings is 1. The molecule has 0 spiro atoms. The van der Waals surface area contributed by atoms with Crippen molar-refractivity contribution in [3.63, 3.8) is 0 Å². The monoisotopic (exact) mass is 754 g/mol. The number of nitrogens with zero attached hydrogens (tertiary/aromatic N) is 4. The lowest BCUT2D eigenvalue weighted by atomic mass is 9.84. The van der Waals surface area contributed by atoms with Crippen LogP contribution in [-0.2, 0) is 49.9 Å². The number of likely N-dealkylation sites (N-methyl/N-ethyl adjacent to an activating group) is 1. The number of carbonyl (C=O) groups is 3. The Labute approximate surface area is 325 Å². The summed E-state index contributed by atoms with van der Waals surface area (Å²) >= 11 is 0. The molecule has 5 rings (SSSR count). The number of phenolic OH excluding ortho intramolecular Hbond substituents is 1. The molecule has 4 aromatic rings. The van der Waals surface area contributed by atoms with E-state index in [2.05, 4.69) is 53.2 Å². The van der Waals surface area contributed by atoms with E-state index >= 15 is 0 Å². The third-order valence-electron chi connectivity index (χ3n) is 10.3. The van der Waals surface area contributed by atoms with Crippen LogP contribution < -0.4 is 10.7 Å². The van der Waals surface area contributed by atoms with Gasteiger partial charge in [-0.15, -0.1) is 0 Å². The number of aromatic hydroxyl groups is 1. The number of amides is 2. The summed E-state index contributed by atoms with van der Waals surface area (Å²) < 4.78 is 13.2. The number of methoxy groups -OCH3 is 1. The van der Waals surface area contributed by atoms with Gasteiger partial charge in [0.15, 0.2) is 0 Å². The van der Waals surface area contributed by atoms with Gasteiger partial charge in [0.25, 0.3) is 12.4 Å². The molecule has 12 heteroatoms. The Hall–Kier alpha value is -4.78. The van der Waals surface area contributed by atoms with Crippen molar-refractivity contribution in [3.05, 3.63) is 71.5 Å². The number of hydrogen-bond acceptors (Lipinski definition) is 9. The molecule has 3 heterocycles. The maximum atomic E-state index is 14.0. The van der Waals surface area contributed by atoms with E-state index < -0.39 is 17.5 Å². The summed E-state index contributed by atoms with van der Waals surface area (Å²) in [5.74, 6) is -0.327. The molecule has 1 aliphatic heterocycles. The van der Waals surface area contributed by atoms with Gasteiger partial charge >= 0.3 is 0 Å². The zero-order valence-electron chi connectivity index (χ0n) is 33.6. The predicted molar refractivity (Wildman–Crippen MR) is 215 cm³/mol. The average Bonchev–Trinajstić information content (AvgIpc) is 3.45. The second kappa shape index (κ2) is 18.2. The van der Waals surface area contributed by atoms with Gasteiger partial charge < -0.3 is 24.5 Å². The SMILES string of the molecule is CCn1c(-c2cnccc2COC)c(CC(C)(C)COC=O)c2cc(-c3cc(O)cc(CC(NC(=O)C(C(C)C)N(C)C)C(=O)N4CCCCN4)c3)ccc21. The largest absolute Gasteiger partial charge is 0.508 e. The number of benzene rings is 2. The summed E-state index contributed by atoms with van der Waals surface area (Å²) in [6.45, 7) is 13.4. The van der Waals surface area contributed by atoms with E-state index in [1.165, 1.54) is 0 Å². The van der Waals surface area contributed by atoms with E-state index in [1.54, 1.807) is 30.4 Å². The first-order valence-electron chi connectivity index (χ1n) is 19.3. The summed E-state index contributed by atoms with van der Waals surface area (Å²) in [5, 5.41) is 16.8. The normalized spacial score (nSPS) is 14.7. The van der Waals surface area contributed by atoms with E-state index in [9.17, 15) is 19.5 Å². The molecule has 55 heavy (non-hydrogen) atoms. The number of fused-ring (bicyclic) bond motifs is 1. The number of phenols is 1. The second-order valence-corrected chi connectivity index (χ2v) is 15.9. The molecule has 1 fully saturated rings. The van der Waals surface area contributed by atoms with Crippen molar-refractivity contribution in [2.45, 2.75) is 85.5 Å². The van der Waals surface area contributed by atoms with Gasteiger partial charge in [-0.05, 0) is 104 Å². The Morgan fingerprint density at radius 2 is 1.89 bits per heavy atom. The number of aryl methyl sites for hydroxylation is 1. The summed E-state index contributed by atoms with van der Waals surface area (Å²) in [6.07, 6.45) is 6.31. The van der Waals surface area contributed by atoms with Gasteiger partial charge in [-0.2, -0.15) is 0 Å². The molecule has 2 atom stereocenters. The van der Waals surface area contributed by atoms with Crippen molar-refractivity contribution in [1.82, 2.24) is 30.2 Å². The molecule has 0 aliphatic carbocycles. The Kier molecular flexibility index (Phi) is 13.7. The smallest absolute Gasteiger partial charge is 0.293 e. The lowest BCUT2D eigenvalue weighted by Gasteiger charge is -2.33. The van der Waals surface area contributed by atoms with Crippen molar-refractivity contribution in [2.24, 2.45) is 11.3 Å². The van der Waals surface area contributed by atoms with Gasteiger partial charge in [0, 0.05) is 67.4 Å². The van der Waals surface area contributed by atoms with E-state index in [0.717, 1.165) is 62.8 Å². The van der Waals surface area contributed by atoms with Crippen LogP contribution >= 0.6 is 0 Å². The van der Waals surface area contributed by atoms with Crippen LogP contribution in [0.15, 0.2) is 54.9 Å². The van der Waals surface area contributed by atoms with E-state index in [4.69, 9.17) is 9.47 Å². The number of carbonyl (C=O) groups excluding carboxylic acids is 3. The molecule has 2 aromatic heterocycles. The highest BCUT2D eigenvalue weighted by Crippen LogP contribution is 2.41. The van der Waals surface area contributed by atoms with Crippen molar-refractivity contribution in [3.8, 4) is 28.1 Å². The number of hydrazine groups is 1. The van der Waals surface area contributed by atoms with Crippen molar-refractivity contribution < 1.29 is 29.0 Å². The summed E-state index contributed by atoms with van der Waals surface area (Å²) in [7, 11) is 5.41. The number of rotatable bonds is 17. The zero-order chi connectivity index (χ0) is 39.9. The van der Waals surface area contributed by atoms with Gasteiger partial charge in [0.2, 0.25) is 5.91 Å². The molecule has 2 amide bonds. The molecule has 12 nitrogen and oxygen atoms in total. The van der Waals surface area contributed by atoms with Crippen molar-refractivity contribution in [1.29, 1.82) is 0 Å². The topological polar surface area (TPSA) is 138 Å². The molecule has 1 saturated heterocycles. The Bertz CT molecular complexity index is 1960. The van der Waals surface area contributed by atoms with Gasteiger partial charge in [-0.25, -0.2) is 5.43 Å². The van der Waals surface area contributed by atoms with E-state index in [0.29, 0.717) is 39.1 Å². The molecule has 1 aliphatic rings. The van der Waals surface area contributed by atoms with Crippen molar-refractivity contribution >= 4 is 29.2 Å². The maximum Gasteiger partial charge on any atom is 0.293 e. The predicted octanol–water partition coefficient (Wildman–Crippen LogP) is 5.72. The third-order valence-corrected chi connectivity index (χ3v) is 10.3. The standard InChI is InChI=1S/C43H58N6O6/c1-9-48-38-13-12-30(22-34(38)35(23-43(4,5)26-55-27-50)40(48)36-24-44-16-14-31(36)25-54-8)32-18-29(19-33(51)21-32)20-37(42(53)49-17-11-10-15-45-49)46-41(52)39(28(2)3)47(6)7/h12-14,16,18-19,21-22,24,27-28,37,39,45,51H,9-11,15,17,20,23,25-26H2,1-8H3,(H,46,52). The van der Waals surface area contributed by atoms with Gasteiger partial charge in [0.05, 0.1) is 24.9 Å². The van der Waals surface area contributed by atoms with Gasteiger partial charge in [-0.3, -0.25) is 29.3 Å². The molecule has 0 radical (unpaired) electrons. The zero-order valence-corrected chi connectivity index (χ0v) is 33.6. The highest BCUT2D eigenvalue weighted by molar-refractivity contribution is 5.95. The van der Waals surface area contributed by atoms with E-state index in [-0.39, 0.29) is 36.5 Å². The Morgan fingerprint density at radius 1 is 1.11 bits per heavy atom. The lowest BCUT2D eigenvalue weighted by molar-refractivity contribution is -0.141. The fourth-order valence-electron chi connectivity index (χ4n) is 7.98. The Balaban J connectivity index is 1.61. The molecule has 2 unspecified atom stereocenters. The minimum atomic E-state index is -0.847. The molecule has 2 aromatic carbocycles. The molecule has 296 valence electrons. The van der Waals surface area contributed by atoms with Crippen LogP contribution in [0.25, 0.3) is 33.3 Å². The maximum absolute atomic E-state index is 14.0. The summed E-state index contributed by atoms with van der Waals surface area (Å²) in [6, 6.07) is 12.4. The third kappa shape index (κ3) is 9.73. The van der Waals surface area contributed by atoms with Crippen LogP contribution in [0.5, 0.6) is 5.75 Å². The number of ether oxygens (including phenoxy) is 2. The number of hydrogen-bond donors (Lipinski definition) is 3. The summed E-state index contributed by atoms with van der Waals surface area (Å²) in [5.41, 5.74) is 10.3. The van der Waals surface area contributed by atoms with Crippen LogP contribution in [0, 0.1) is 11.3 Å². The minimum Gasteiger partial charge on any atom is -0.508 e. The van der Waals surface area contributed by atoms with Crippen LogP contribution in [-0.4, -0.2) is 95.8 Å².